The summed E-state index contributed by atoms with van der Waals surface area (Å²) in [5, 5.41) is 15.0. The number of nitro groups is 1. The zero-order valence-electron chi connectivity index (χ0n) is 13.9. The van der Waals surface area contributed by atoms with E-state index in [2.05, 4.69) is 20.4 Å². The van der Waals surface area contributed by atoms with E-state index in [9.17, 15) is 14.9 Å². The zero-order chi connectivity index (χ0) is 18.4. The van der Waals surface area contributed by atoms with E-state index >= 15 is 0 Å². The number of amides is 1. The topological polar surface area (TPSA) is 110 Å². The first-order valence-corrected chi connectivity index (χ1v) is 8.00. The number of ether oxygens (including phenoxy) is 1. The molecule has 1 aromatic heterocycles. The Bertz CT molecular complexity index is 819. The fourth-order valence-corrected chi connectivity index (χ4v) is 2.57. The van der Waals surface area contributed by atoms with Crippen molar-refractivity contribution in [2.24, 2.45) is 5.10 Å². The van der Waals surface area contributed by atoms with Crippen LogP contribution in [0.25, 0.3) is 0 Å². The highest BCUT2D eigenvalue weighted by Gasteiger charge is 2.17. The van der Waals surface area contributed by atoms with Gasteiger partial charge in [0.05, 0.1) is 29.9 Å². The molecule has 0 unspecified atom stereocenters. The maximum Gasteiger partial charge on any atom is 0.272 e. The second-order valence-electron chi connectivity index (χ2n) is 5.54. The van der Waals surface area contributed by atoms with E-state index in [1.165, 1.54) is 24.5 Å². The number of carbonyl (C=O) groups is 1. The van der Waals surface area contributed by atoms with Crippen LogP contribution < -0.4 is 10.3 Å². The molecule has 1 amide bonds. The average Bonchev–Trinajstić information content (AvgIpc) is 2.69. The Morgan fingerprint density at radius 3 is 2.85 bits per heavy atom. The molecule has 1 fully saturated rings. The highest BCUT2D eigenvalue weighted by atomic mass is 16.6. The zero-order valence-corrected chi connectivity index (χ0v) is 13.9. The van der Waals surface area contributed by atoms with Gasteiger partial charge in [-0.25, -0.2) is 5.43 Å². The van der Waals surface area contributed by atoms with Crippen LogP contribution in [0, 0.1) is 10.1 Å². The largest absolute Gasteiger partial charge is 0.378 e. The van der Waals surface area contributed by atoms with E-state index < -0.39 is 10.8 Å². The molecule has 26 heavy (non-hydrogen) atoms. The summed E-state index contributed by atoms with van der Waals surface area (Å²) in [5.74, 6) is -0.410. The van der Waals surface area contributed by atoms with Gasteiger partial charge in [0.15, 0.2) is 0 Å². The van der Waals surface area contributed by atoms with Crippen molar-refractivity contribution in [1.82, 2.24) is 10.4 Å². The summed E-state index contributed by atoms with van der Waals surface area (Å²) in [7, 11) is 0. The van der Waals surface area contributed by atoms with Gasteiger partial charge in [-0.15, -0.1) is 0 Å². The molecule has 0 bridgehead atoms. The summed E-state index contributed by atoms with van der Waals surface area (Å²) in [5.41, 5.74) is 4.09. The first kappa shape index (κ1) is 17.5. The molecule has 0 aliphatic carbocycles. The molecule has 1 aromatic carbocycles. The number of nitrogens with one attached hydrogen (secondary N) is 1. The van der Waals surface area contributed by atoms with Crippen molar-refractivity contribution in [2.45, 2.75) is 0 Å². The van der Waals surface area contributed by atoms with E-state index in [0.717, 1.165) is 5.69 Å². The van der Waals surface area contributed by atoms with Crippen LogP contribution in [0.4, 0.5) is 11.4 Å². The van der Waals surface area contributed by atoms with Crippen LogP contribution >= 0.6 is 0 Å². The third kappa shape index (κ3) is 4.19. The first-order chi connectivity index (χ1) is 12.6. The number of non-ortho nitro benzene ring substituents is 1. The smallest absolute Gasteiger partial charge is 0.272 e. The van der Waals surface area contributed by atoms with Crippen molar-refractivity contribution >= 4 is 23.5 Å². The molecule has 0 spiro atoms. The van der Waals surface area contributed by atoms with Crippen molar-refractivity contribution in [3.63, 3.8) is 0 Å². The number of benzene rings is 1. The number of pyridine rings is 1. The van der Waals surface area contributed by atoms with Crippen LogP contribution in [0.2, 0.25) is 0 Å². The first-order valence-electron chi connectivity index (χ1n) is 8.00. The number of morpholine rings is 1. The maximum atomic E-state index is 12.0. The number of hydrogen-bond donors (Lipinski definition) is 1. The van der Waals surface area contributed by atoms with Gasteiger partial charge >= 0.3 is 0 Å². The number of nitrogens with zero attached hydrogens (tertiary/aromatic N) is 4. The van der Waals surface area contributed by atoms with Gasteiger partial charge in [0.1, 0.15) is 0 Å². The quantitative estimate of drug-likeness (QED) is 0.495. The summed E-state index contributed by atoms with van der Waals surface area (Å²) in [6.45, 7) is 2.54. The van der Waals surface area contributed by atoms with E-state index in [0.29, 0.717) is 37.4 Å². The van der Waals surface area contributed by atoms with E-state index in [1.807, 2.05) is 0 Å². The van der Waals surface area contributed by atoms with Gasteiger partial charge in [-0.05, 0) is 18.2 Å². The number of nitro benzene ring substituents is 1. The predicted octanol–water partition coefficient (Wildman–Crippen LogP) is 1.59. The van der Waals surface area contributed by atoms with Crippen molar-refractivity contribution in [3.8, 4) is 0 Å². The van der Waals surface area contributed by atoms with Gasteiger partial charge in [-0.1, -0.05) is 0 Å². The Kier molecular flexibility index (Phi) is 5.49. The van der Waals surface area contributed by atoms with Crippen LogP contribution in [0.1, 0.15) is 15.9 Å². The SMILES string of the molecule is O=C(N/N=C\c1cc([N+](=O)[O-])ccc1N1CCOCC1)c1cccnc1. The molecule has 2 heterocycles. The van der Waals surface area contributed by atoms with Crippen LogP contribution in [-0.2, 0) is 4.74 Å². The third-order valence-corrected chi connectivity index (χ3v) is 3.87. The number of rotatable bonds is 5. The lowest BCUT2D eigenvalue weighted by molar-refractivity contribution is -0.384. The molecule has 2 aromatic rings. The Labute approximate surface area is 149 Å². The summed E-state index contributed by atoms with van der Waals surface area (Å²) in [6, 6.07) is 7.84. The van der Waals surface area contributed by atoms with Gasteiger partial charge in [-0.3, -0.25) is 19.9 Å². The van der Waals surface area contributed by atoms with Crippen LogP contribution in [0.3, 0.4) is 0 Å². The van der Waals surface area contributed by atoms with Crippen molar-refractivity contribution in [1.29, 1.82) is 0 Å². The molecule has 1 aliphatic rings. The van der Waals surface area contributed by atoms with Gasteiger partial charge in [0.25, 0.3) is 11.6 Å². The molecule has 1 saturated heterocycles. The number of hydrazone groups is 1. The Balaban J connectivity index is 1.80. The molecule has 1 N–H and O–H groups in total. The minimum atomic E-state index is -0.464. The standard InChI is InChI=1S/C17H17N5O4/c23-17(13-2-1-5-18-11-13)20-19-12-14-10-15(22(24)25)3-4-16(14)21-6-8-26-9-7-21/h1-5,10-12H,6-9H2,(H,20,23)/b19-12-. The Hall–Kier alpha value is -3.33. The van der Waals surface area contributed by atoms with Crippen molar-refractivity contribution < 1.29 is 14.5 Å². The number of hydrogen-bond acceptors (Lipinski definition) is 7. The fourth-order valence-electron chi connectivity index (χ4n) is 2.57. The molecule has 1 aliphatic heterocycles. The molecule has 9 nitrogen and oxygen atoms in total. The number of carbonyl (C=O) groups excluding carboxylic acids is 1. The lowest BCUT2D eigenvalue weighted by Crippen LogP contribution is -2.36. The van der Waals surface area contributed by atoms with Crippen LogP contribution in [0.15, 0.2) is 47.8 Å². The lowest BCUT2D eigenvalue weighted by Gasteiger charge is -2.29. The summed E-state index contributed by atoms with van der Waals surface area (Å²) in [4.78, 5) is 28.5. The van der Waals surface area contributed by atoms with E-state index in [4.69, 9.17) is 4.74 Å². The second kappa shape index (κ2) is 8.17. The van der Waals surface area contributed by atoms with Gasteiger partial charge < -0.3 is 9.64 Å². The number of aromatic nitrogens is 1. The number of anilines is 1. The molecular weight excluding hydrogens is 338 g/mol. The molecule has 134 valence electrons. The molecule has 0 atom stereocenters. The van der Waals surface area contributed by atoms with Crippen LogP contribution in [0.5, 0.6) is 0 Å². The minimum absolute atomic E-state index is 0.0398. The summed E-state index contributed by atoms with van der Waals surface area (Å²) < 4.78 is 5.34. The molecule has 3 rings (SSSR count). The Morgan fingerprint density at radius 2 is 2.15 bits per heavy atom. The minimum Gasteiger partial charge on any atom is -0.378 e. The molecular formula is C17H17N5O4. The molecule has 9 heteroatoms. The second-order valence-corrected chi connectivity index (χ2v) is 5.54. The van der Waals surface area contributed by atoms with Gasteiger partial charge in [0, 0.05) is 48.9 Å². The third-order valence-electron chi connectivity index (χ3n) is 3.87. The van der Waals surface area contributed by atoms with E-state index in [1.54, 1.807) is 24.4 Å². The van der Waals surface area contributed by atoms with Crippen molar-refractivity contribution in [3.05, 3.63) is 64.0 Å². The monoisotopic (exact) mass is 355 g/mol. The Morgan fingerprint density at radius 1 is 1.35 bits per heavy atom. The lowest BCUT2D eigenvalue weighted by atomic mass is 10.1. The predicted molar refractivity (Wildman–Crippen MR) is 95.4 cm³/mol. The van der Waals surface area contributed by atoms with Crippen LogP contribution in [-0.4, -0.2) is 48.3 Å². The highest BCUT2D eigenvalue weighted by Crippen LogP contribution is 2.25. The molecule has 0 saturated carbocycles. The normalized spacial score (nSPS) is 14.4. The molecule has 0 radical (unpaired) electrons. The van der Waals surface area contributed by atoms with Gasteiger partial charge in [-0.2, -0.15) is 5.10 Å². The average molecular weight is 355 g/mol. The maximum absolute atomic E-state index is 12.0. The van der Waals surface area contributed by atoms with E-state index in [-0.39, 0.29) is 5.69 Å². The summed E-state index contributed by atoms with van der Waals surface area (Å²) >= 11 is 0. The summed E-state index contributed by atoms with van der Waals surface area (Å²) in [6.07, 6.45) is 4.40. The highest BCUT2D eigenvalue weighted by molar-refractivity contribution is 5.95. The van der Waals surface area contributed by atoms with Gasteiger partial charge in [0.2, 0.25) is 0 Å². The van der Waals surface area contributed by atoms with Crippen molar-refractivity contribution in [2.75, 3.05) is 31.2 Å². The fraction of sp³-hybridized carbons (Fsp3) is 0.235.